The van der Waals surface area contributed by atoms with E-state index in [4.69, 9.17) is 4.74 Å². The lowest BCUT2D eigenvalue weighted by atomic mass is 9.99. The van der Waals surface area contributed by atoms with Gasteiger partial charge in [0, 0.05) is 11.9 Å². The first-order valence-corrected chi connectivity index (χ1v) is 5.15. The number of nitrogens with zero attached hydrogens (tertiary/aromatic N) is 1. The standard InChI is InChI=1S/C12H17NO2/c1-5-6-10-8(2)11(12(14)15-4)7-13-9(10)3/h7H,5-6H2,1-4H3. The topological polar surface area (TPSA) is 39.2 Å². The largest absolute Gasteiger partial charge is 0.465 e. The first kappa shape index (κ1) is 11.7. The molecule has 0 bridgehead atoms. The van der Waals surface area contributed by atoms with E-state index in [0.29, 0.717) is 5.56 Å². The molecule has 0 unspecified atom stereocenters. The number of pyridine rings is 1. The highest BCUT2D eigenvalue weighted by Gasteiger charge is 2.14. The molecule has 1 aromatic heterocycles. The summed E-state index contributed by atoms with van der Waals surface area (Å²) in [6.45, 7) is 6.04. The van der Waals surface area contributed by atoms with Crippen molar-refractivity contribution < 1.29 is 9.53 Å². The van der Waals surface area contributed by atoms with Gasteiger partial charge in [-0.25, -0.2) is 4.79 Å². The van der Waals surface area contributed by atoms with Gasteiger partial charge in [0.25, 0.3) is 0 Å². The summed E-state index contributed by atoms with van der Waals surface area (Å²) in [7, 11) is 1.39. The van der Waals surface area contributed by atoms with Crippen molar-refractivity contribution in [2.75, 3.05) is 7.11 Å². The van der Waals surface area contributed by atoms with Gasteiger partial charge in [0.1, 0.15) is 0 Å². The Morgan fingerprint density at radius 2 is 2.13 bits per heavy atom. The number of aromatic nitrogens is 1. The lowest BCUT2D eigenvalue weighted by Gasteiger charge is -2.11. The number of hydrogen-bond acceptors (Lipinski definition) is 3. The number of carbonyl (C=O) groups is 1. The molecule has 0 aromatic carbocycles. The van der Waals surface area contributed by atoms with E-state index in [0.717, 1.165) is 24.1 Å². The molecule has 0 fully saturated rings. The molecule has 0 amide bonds. The van der Waals surface area contributed by atoms with Crippen LogP contribution in [0, 0.1) is 13.8 Å². The van der Waals surface area contributed by atoms with Gasteiger partial charge < -0.3 is 4.74 Å². The summed E-state index contributed by atoms with van der Waals surface area (Å²) in [5.41, 5.74) is 3.74. The van der Waals surface area contributed by atoms with Gasteiger partial charge >= 0.3 is 5.97 Å². The number of ether oxygens (including phenoxy) is 1. The maximum Gasteiger partial charge on any atom is 0.339 e. The molecule has 3 heteroatoms. The van der Waals surface area contributed by atoms with Crippen LogP contribution in [-0.4, -0.2) is 18.1 Å². The zero-order valence-corrected chi connectivity index (χ0v) is 9.76. The van der Waals surface area contributed by atoms with Crippen LogP contribution >= 0.6 is 0 Å². The molecule has 0 aliphatic rings. The molecule has 15 heavy (non-hydrogen) atoms. The monoisotopic (exact) mass is 207 g/mol. The second kappa shape index (κ2) is 4.91. The fraction of sp³-hybridized carbons (Fsp3) is 0.500. The molecule has 3 nitrogen and oxygen atoms in total. The van der Waals surface area contributed by atoms with Crippen LogP contribution in [-0.2, 0) is 11.2 Å². The smallest absolute Gasteiger partial charge is 0.339 e. The molecule has 0 N–H and O–H groups in total. The Morgan fingerprint density at radius 1 is 1.47 bits per heavy atom. The summed E-state index contributed by atoms with van der Waals surface area (Å²) < 4.78 is 4.71. The van der Waals surface area contributed by atoms with E-state index in [2.05, 4.69) is 11.9 Å². The third kappa shape index (κ3) is 2.35. The van der Waals surface area contributed by atoms with Crippen molar-refractivity contribution in [2.45, 2.75) is 33.6 Å². The van der Waals surface area contributed by atoms with Crippen LogP contribution in [0.25, 0.3) is 0 Å². The van der Waals surface area contributed by atoms with Crippen molar-refractivity contribution in [2.24, 2.45) is 0 Å². The third-order valence-electron chi connectivity index (χ3n) is 2.59. The van der Waals surface area contributed by atoms with E-state index in [1.807, 2.05) is 13.8 Å². The number of esters is 1. The van der Waals surface area contributed by atoms with Crippen LogP contribution in [0.5, 0.6) is 0 Å². The Bertz CT molecular complexity index is 372. The maximum atomic E-state index is 11.4. The van der Waals surface area contributed by atoms with Gasteiger partial charge in [-0.1, -0.05) is 13.3 Å². The van der Waals surface area contributed by atoms with Crippen LogP contribution in [0.1, 0.15) is 40.5 Å². The lowest BCUT2D eigenvalue weighted by Crippen LogP contribution is -2.08. The fourth-order valence-electron chi connectivity index (χ4n) is 1.70. The van der Waals surface area contributed by atoms with Gasteiger partial charge in [-0.15, -0.1) is 0 Å². The maximum absolute atomic E-state index is 11.4. The molecule has 0 aliphatic heterocycles. The Labute approximate surface area is 90.5 Å². The minimum absolute atomic E-state index is 0.308. The molecule has 0 spiro atoms. The number of methoxy groups -OCH3 is 1. The van der Waals surface area contributed by atoms with Crippen molar-refractivity contribution in [1.82, 2.24) is 4.98 Å². The summed E-state index contributed by atoms with van der Waals surface area (Å²) in [4.78, 5) is 15.7. The van der Waals surface area contributed by atoms with Gasteiger partial charge in [0.05, 0.1) is 12.7 Å². The minimum Gasteiger partial charge on any atom is -0.465 e. The normalized spacial score (nSPS) is 10.1. The van der Waals surface area contributed by atoms with Gasteiger partial charge in [-0.2, -0.15) is 0 Å². The quantitative estimate of drug-likeness (QED) is 0.714. The second-order valence-corrected chi connectivity index (χ2v) is 3.60. The van der Waals surface area contributed by atoms with E-state index in [-0.39, 0.29) is 5.97 Å². The SMILES string of the molecule is CCCc1c(C)ncc(C(=O)OC)c1C. The molecule has 1 rings (SSSR count). The average Bonchev–Trinajstić information content (AvgIpc) is 2.23. The zero-order chi connectivity index (χ0) is 11.4. The lowest BCUT2D eigenvalue weighted by molar-refractivity contribution is 0.0599. The van der Waals surface area contributed by atoms with Gasteiger partial charge in [0.15, 0.2) is 0 Å². The first-order chi connectivity index (χ1) is 7.11. The summed E-state index contributed by atoms with van der Waals surface area (Å²) in [5.74, 6) is -0.308. The van der Waals surface area contributed by atoms with Crippen LogP contribution in [0.15, 0.2) is 6.20 Å². The van der Waals surface area contributed by atoms with E-state index >= 15 is 0 Å². The Morgan fingerprint density at radius 3 is 2.67 bits per heavy atom. The number of carbonyl (C=O) groups excluding carboxylic acids is 1. The van der Waals surface area contributed by atoms with Crippen molar-refractivity contribution in [3.8, 4) is 0 Å². The van der Waals surface area contributed by atoms with Crippen LogP contribution < -0.4 is 0 Å². The van der Waals surface area contributed by atoms with Crippen LogP contribution in [0.3, 0.4) is 0 Å². The summed E-state index contributed by atoms with van der Waals surface area (Å²) in [5, 5.41) is 0. The van der Waals surface area contributed by atoms with Crippen molar-refractivity contribution in [1.29, 1.82) is 0 Å². The van der Waals surface area contributed by atoms with Crippen LogP contribution in [0.4, 0.5) is 0 Å². The Balaban J connectivity index is 3.21. The molecule has 1 heterocycles. The minimum atomic E-state index is -0.308. The second-order valence-electron chi connectivity index (χ2n) is 3.60. The summed E-state index contributed by atoms with van der Waals surface area (Å²) >= 11 is 0. The predicted molar refractivity (Wildman–Crippen MR) is 59.0 cm³/mol. The van der Waals surface area contributed by atoms with Gasteiger partial charge in [0.2, 0.25) is 0 Å². The summed E-state index contributed by atoms with van der Waals surface area (Å²) in [6.07, 6.45) is 3.60. The van der Waals surface area contributed by atoms with Crippen molar-refractivity contribution in [3.63, 3.8) is 0 Å². The van der Waals surface area contributed by atoms with Crippen molar-refractivity contribution in [3.05, 3.63) is 28.6 Å². The molecule has 0 atom stereocenters. The predicted octanol–water partition coefficient (Wildman–Crippen LogP) is 2.44. The van der Waals surface area contributed by atoms with Crippen molar-refractivity contribution >= 4 is 5.97 Å². The third-order valence-corrected chi connectivity index (χ3v) is 2.59. The zero-order valence-electron chi connectivity index (χ0n) is 9.76. The average molecular weight is 207 g/mol. The highest BCUT2D eigenvalue weighted by molar-refractivity contribution is 5.91. The highest BCUT2D eigenvalue weighted by Crippen LogP contribution is 2.18. The number of aryl methyl sites for hydroxylation is 1. The van der Waals surface area contributed by atoms with Gasteiger partial charge in [-0.05, 0) is 31.4 Å². The molecule has 1 aromatic rings. The first-order valence-electron chi connectivity index (χ1n) is 5.15. The molecule has 0 aliphatic carbocycles. The van der Waals surface area contributed by atoms with Gasteiger partial charge in [-0.3, -0.25) is 4.98 Å². The van der Waals surface area contributed by atoms with E-state index in [9.17, 15) is 4.79 Å². The van der Waals surface area contributed by atoms with Crippen LogP contribution in [0.2, 0.25) is 0 Å². The van der Waals surface area contributed by atoms with E-state index < -0.39 is 0 Å². The molecule has 82 valence electrons. The summed E-state index contributed by atoms with van der Waals surface area (Å²) in [6, 6.07) is 0. The molecular formula is C12H17NO2. The number of rotatable bonds is 3. The van der Waals surface area contributed by atoms with E-state index in [1.54, 1.807) is 6.20 Å². The number of hydrogen-bond donors (Lipinski definition) is 0. The highest BCUT2D eigenvalue weighted by atomic mass is 16.5. The molecule has 0 saturated heterocycles. The molecular weight excluding hydrogens is 190 g/mol. The van der Waals surface area contributed by atoms with E-state index in [1.165, 1.54) is 12.7 Å². The fourth-order valence-corrected chi connectivity index (χ4v) is 1.70. The molecule has 0 radical (unpaired) electrons. The Kier molecular flexibility index (Phi) is 3.83. The molecule has 0 saturated carbocycles. The Hall–Kier alpha value is -1.38.